The van der Waals surface area contributed by atoms with Gasteiger partial charge in [-0.05, 0) is 42.8 Å². The van der Waals surface area contributed by atoms with Crippen LogP contribution in [-0.4, -0.2) is 49.9 Å². The molecule has 8 heteroatoms. The number of aromatic hydroxyl groups is 1. The highest BCUT2D eigenvalue weighted by atomic mass is 16.6. The lowest BCUT2D eigenvalue weighted by Crippen LogP contribution is -2.20. The zero-order valence-electron chi connectivity index (χ0n) is 15.9. The van der Waals surface area contributed by atoms with Crippen LogP contribution in [0.25, 0.3) is 0 Å². The van der Waals surface area contributed by atoms with E-state index >= 15 is 0 Å². The van der Waals surface area contributed by atoms with E-state index in [1.165, 1.54) is 13.2 Å². The molecule has 0 aromatic heterocycles. The molecule has 2 rings (SSSR count). The Morgan fingerprint density at radius 3 is 2.22 bits per heavy atom. The molecule has 0 radical (unpaired) electrons. The predicted molar refractivity (Wildman–Crippen MR) is 101 cm³/mol. The number of benzene rings is 2. The summed E-state index contributed by atoms with van der Waals surface area (Å²) in [5.41, 5.74) is 1.41. The molecular formula is C19H24N2O6. The van der Waals surface area contributed by atoms with Crippen molar-refractivity contribution in [1.29, 1.82) is 0 Å². The number of phenolic OH excluding ortho intramolecular Hbond substituents is 1. The fourth-order valence-corrected chi connectivity index (χ4v) is 2.78. The van der Waals surface area contributed by atoms with Crippen LogP contribution in [0.1, 0.15) is 11.1 Å². The van der Waals surface area contributed by atoms with Gasteiger partial charge in [-0.15, -0.1) is 0 Å². The molecule has 0 spiro atoms. The number of rotatable bonds is 9. The molecule has 0 amide bonds. The second kappa shape index (κ2) is 9.09. The largest absolute Gasteiger partial charge is 0.500 e. The third kappa shape index (κ3) is 5.01. The van der Waals surface area contributed by atoms with E-state index in [2.05, 4.69) is 0 Å². The molecular weight excluding hydrogens is 352 g/mol. The third-order valence-electron chi connectivity index (χ3n) is 4.21. The van der Waals surface area contributed by atoms with Gasteiger partial charge in [-0.1, -0.05) is 6.07 Å². The number of hydrogen-bond acceptors (Lipinski definition) is 7. The second-order valence-electron chi connectivity index (χ2n) is 6.10. The van der Waals surface area contributed by atoms with Crippen molar-refractivity contribution in [2.24, 2.45) is 0 Å². The quantitative estimate of drug-likeness (QED) is 0.531. The van der Waals surface area contributed by atoms with E-state index in [0.717, 1.165) is 18.5 Å². The number of phenols is 1. The average Bonchev–Trinajstić information content (AvgIpc) is 2.66. The average molecular weight is 376 g/mol. The Kier molecular flexibility index (Phi) is 6.84. The van der Waals surface area contributed by atoms with Gasteiger partial charge in [0.15, 0.2) is 17.2 Å². The Balaban J connectivity index is 2.06. The molecule has 0 bridgehead atoms. The summed E-state index contributed by atoms with van der Waals surface area (Å²) < 4.78 is 15.6. The van der Waals surface area contributed by atoms with Crippen molar-refractivity contribution in [3.63, 3.8) is 0 Å². The van der Waals surface area contributed by atoms with Crippen molar-refractivity contribution >= 4 is 5.69 Å². The standard InChI is InChI=1S/C19H24N2O6/c1-20(8-7-13-5-6-16(25-2)17(10-13)26-3)12-14-9-15(21(23)24)19(22)18(11-14)27-4/h5-6,9-11,22H,7-8,12H2,1-4H3. The fraction of sp³-hybridized carbons (Fsp3) is 0.368. The van der Waals surface area contributed by atoms with E-state index in [-0.39, 0.29) is 11.4 Å². The van der Waals surface area contributed by atoms with E-state index in [9.17, 15) is 15.2 Å². The predicted octanol–water partition coefficient (Wildman–Crippen LogP) is 3.00. The lowest BCUT2D eigenvalue weighted by atomic mass is 10.1. The monoisotopic (exact) mass is 376 g/mol. The van der Waals surface area contributed by atoms with Crippen LogP contribution in [0.5, 0.6) is 23.0 Å². The number of nitrogens with zero attached hydrogens (tertiary/aromatic N) is 2. The van der Waals surface area contributed by atoms with Gasteiger partial charge in [0.25, 0.3) is 0 Å². The number of likely N-dealkylation sites (N-methyl/N-ethyl adjacent to an activating group) is 1. The van der Waals surface area contributed by atoms with Gasteiger partial charge in [0.05, 0.1) is 26.3 Å². The molecule has 2 aromatic carbocycles. The van der Waals surface area contributed by atoms with Gasteiger partial charge in [-0.2, -0.15) is 0 Å². The van der Waals surface area contributed by atoms with Crippen LogP contribution < -0.4 is 14.2 Å². The van der Waals surface area contributed by atoms with E-state index in [4.69, 9.17) is 14.2 Å². The van der Waals surface area contributed by atoms with Crippen LogP contribution in [-0.2, 0) is 13.0 Å². The molecule has 1 N–H and O–H groups in total. The number of methoxy groups -OCH3 is 3. The Hall–Kier alpha value is -3.00. The van der Waals surface area contributed by atoms with Crippen LogP contribution in [0.15, 0.2) is 30.3 Å². The van der Waals surface area contributed by atoms with Crippen molar-refractivity contribution in [3.05, 3.63) is 51.6 Å². The number of hydrogen-bond donors (Lipinski definition) is 1. The number of nitro groups is 1. The summed E-state index contributed by atoms with van der Waals surface area (Å²) in [7, 11) is 6.48. The van der Waals surface area contributed by atoms with Crippen molar-refractivity contribution in [1.82, 2.24) is 4.90 Å². The van der Waals surface area contributed by atoms with Crippen molar-refractivity contribution in [3.8, 4) is 23.0 Å². The van der Waals surface area contributed by atoms with Gasteiger partial charge in [0.2, 0.25) is 5.75 Å². The second-order valence-corrected chi connectivity index (χ2v) is 6.10. The lowest BCUT2D eigenvalue weighted by Gasteiger charge is -2.18. The highest BCUT2D eigenvalue weighted by Gasteiger charge is 2.20. The van der Waals surface area contributed by atoms with Crippen LogP contribution in [0.2, 0.25) is 0 Å². The first-order valence-corrected chi connectivity index (χ1v) is 8.33. The van der Waals surface area contributed by atoms with E-state index in [0.29, 0.717) is 23.6 Å². The normalized spacial score (nSPS) is 10.7. The molecule has 0 saturated carbocycles. The van der Waals surface area contributed by atoms with Gasteiger partial charge in [0.1, 0.15) is 0 Å². The summed E-state index contributed by atoms with van der Waals surface area (Å²) in [5, 5.41) is 21.0. The molecule has 0 unspecified atom stereocenters. The summed E-state index contributed by atoms with van der Waals surface area (Å²) in [5.74, 6) is 0.987. The number of ether oxygens (including phenoxy) is 3. The first-order chi connectivity index (χ1) is 12.9. The van der Waals surface area contributed by atoms with Crippen LogP contribution >= 0.6 is 0 Å². The summed E-state index contributed by atoms with van der Waals surface area (Å²) in [4.78, 5) is 12.5. The molecule has 0 aliphatic heterocycles. The molecule has 146 valence electrons. The van der Waals surface area contributed by atoms with E-state index in [1.807, 2.05) is 30.1 Å². The van der Waals surface area contributed by atoms with Crippen LogP contribution in [0.3, 0.4) is 0 Å². The van der Waals surface area contributed by atoms with E-state index in [1.54, 1.807) is 20.3 Å². The topological polar surface area (TPSA) is 94.3 Å². The molecule has 0 saturated heterocycles. The Morgan fingerprint density at radius 2 is 1.63 bits per heavy atom. The van der Waals surface area contributed by atoms with Crippen LogP contribution in [0.4, 0.5) is 5.69 Å². The maximum absolute atomic E-state index is 11.1. The Labute approximate surface area is 158 Å². The smallest absolute Gasteiger partial charge is 0.314 e. The van der Waals surface area contributed by atoms with Gasteiger partial charge < -0.3 is 24.2 Å². The van der Waals surface area contributed by atoms with Crippen molar-refractivity contribution < 1.29 is 24.2 Å². The first kappa shape index (κ1) is 20.3. The highest BCUT2D eigenvalue weighted by molar-refractivity contribution is 5.57. The fourth-order valence-electron chi connectivity index (χ4n) is 2.78. The molecule has 8 nitrogen and oxygen atoms in total. The number of nitro benzene ring substituents is 1. The molecule has 0 aliphatic carbocycles. The minimum Gasteiger partial charge on any atom is -0.500 e. The Morgan fingerprint density at radius 1 is 1.00 bits per heavy atom. The van der Waals surface area contributed by atoms with Crippen LogP contribution in [0, 0.1) is 10.1 Å². The lowest BCUT2D eigenvalue weighted by molar-refractivity contribution is -0.386. The molecule has 0 heterocycles. The van der Waals surface area contributed by atoms with Gasteiger partial charge >= 0.3 is 5.69 Å². The molecule has 2 aromatic rings. The maximum Gasteiger partial charge on any atom is 0.314 e. The molecule has 0 aliphatic rings. The SMILES string of the molecule is COc1ccc(CCN(C)Cc2cc(OC)c(O)c([N+](=O)[O-])c2)cc1OC. The van der Waals surface area contributed by atoms with E-state index < -0.39 is 10.7 Å². The summed E-state index contributed by atoms with van der Waals surface area (Å²) >= 11 is 0. The zero-order valence-corrected chi connectivity index (χ0v) is 15.9. The highest BCUT2D eigenvalue weighted by Crippen LogP contribution is 2.37. The minimum absolute atomic E-state index is 0.0903. The molecule has 27 heavy (non-hydrogen) atoms. The summed E-state index contributed by atoms with van der Waals surface area (Å²) in [6.07, 6.45) is 0.772. The van der Waals surface area contributed by atoms with Crippen molar-refractivity contribution in [2.75, 3.05) is 34.9 Å². The first-order valence-electron chi connectivity index (χ1n) is 8.33. The summed E-state index contributed by atoms with van der Waals surface area (Å²) in [6.45, 7) is 1.21. The molecule has 0 fully saturated rings. The van der Waals surface area contributed by atoms with Crippen molar-refractivity contribution in [2.45, 2.75) is 13.0 Å². The van der Waals surface area contributed by atoms with Gasteiger partial charge in [-0.25, -0.2) is 0 Å². The molecule has 0 atom stereocenters. The Bertz CT molecular complexity index is 809. The zero-order chi connectivity index (χ0) is 20.0. The maximum atomic E-state index is 11.1. The van der Waals surface area contributed by atoms with Gasteiger partial charge in [0, 0.05) is 19.2 Å². The third-order valence-corrected chi connectivity index (χ3v) is 4.21. The summed E-state index contributed by atoms with van der Waals surface area (Å²) in [6, 6.07) is 8.74. The van der Waals surface area contributed by atoms with Gasteiger partial charge in [-0.3, -0.25) is 10.1 Å². The minimum atomic E-state index is -0.620.